The number of benzene rings is 4. The number of nitrogens with zero attached hydrogens (tertiary/aromatic N) is 3. The van der Waals surface area contributed by atoms with Crippen molar-refractivity contribution in [2.24, 2.45) is 0 Å². The van der Waals surface area contributed by atoms with Gasteiger partial charge in [-0.05, 0) is 99.9 Å². The summed E-state index contributed by atoms with van der Waals surface area (Å²) in [4.78, 5) is 82.1. The Balaban J connectivity index is 0.926. The first-order valence-electron chi connectivity index (χ1n) is 22.2. The summed E-state index contributed by atoms with van der Waals surface area (Å²) >= 11 is 0. The summed E-state index contributed by atoms with van der Waals surface area (Å²) in [7, 11) is 0. The van der Waals surface area contributed by atoms with Crippen molar-refractivity contribution in [2.75, 3.05) is 18.4 Å². The number of ether oxygens (including phenoxy) is 2. The van der Waals surface area contributed by atoms with Gasteiger partial charge < -0.3 is 45.2 Å². The highest BCUT2D eigenvalue weighted by molar-refractivity contribution is 6.00. The first-order valence-corrected chi connectivity index (χ1v) is 22.2. The monoisotopic (exact) mass is 878 g/mol. The van der Waals surface area contributed by atoms with Crippen LogP contribution in [0.3, 0.4) is 0 Å². The van der Waals surface area contributed by atoms with Crippen LogP contribution in [0.5, 0.6) is 0 Å². The van der Waals surface area contributed by atoms with Crippen LogP contribution >= 0.6 is 0 Å². The zero-order valence-corrected chi connectivity index (χ0v) is 36.9. The van der Waals surface area contributed by atoms with E-state index in [2.05, 4.69) is 25.9 Å². The van der Waals surface area contributed by atoms with Crippen LogP contribution in [0.2, 0.25) is 0 Å². The predicted molar refractivity (Wildman–Crippen MR) is 246 cm³/mol. The molecule has 65 heavy (non-hydrogen) atoms. The number of imidazole rings is 1. The summed E-state index contributed by atoms with van der Waals surface area (Å²) in [6.45, 7) is 7.90. The Hall–Kier alpha value is -7.42. The first-order chi connectivity index (χ1) is 31.4. The van der Waals surface area contributed by atoms with Gasteiger partial charge in [-0.25, -0.2) is 14.6 Å². The Morgan fingerprint density at radius 2 is 1.20 bits per heavy atom. The van der Waals surface area contributed by atoms with E-state index in [9.17, 15) is 24.0 Å². The molecule has 0 aliphatic carbocycles. The van der Waals surface area contributed by atoms with Gasteiger partial charge in [-0.2, -0.15) is 0 Å². The Labute approximate surface area is 377 Å². The molecule has 2 aliphatic heterocycles. The number of rotatable bonds is 13. The van der Waals surface area contributed by atoms with E-state index in [4.69, 9.17) is 14.5 Å². The fraction of sp³-hybridized carbons (Fsp3) is 0.320. The minimum atomic E-state index is -1.01. The normalized spacial score (nSPS) is 17.0. The Morgan fingerprint density at radius 3 is 1.80 bits per heavy atom. The molecule has 6 aromatic rings. The molecule has 2 aromatic heterocycles. The summed E-state index contributed by atoms with van der Waals surface area (Å²) in [5.41, 5.74) is 6.33. The molecular formula is C50H54N8O7. The first kappa shape index (κ1) is 44.2. The predicted octanol–water partition coefficient (Wildman–Crippen LogP) is 8.57. The van der Waals surface area contributed by atoms with E-state index in [1.807, 2.05) is 84.9 Å². The maximum Gasteiger partial charge on any atom is 0.408 e. The van der Waals surface area contributed by atoms with Gasteiger partial charge in [0.25, 0.3) is 11.8 Å². The van der Waals surface area contributed by atoms with Crippen LogP contribution in [-0.4, -0.2) is 86.0 Å². The molecule has 4 atom stereocenters. The van der Waals surface area contributed by atoms with Crippen LogP contribution in [0.4, 0.5) is 15.3 Å². The lowest BCUT2D eigenvalue weighted by Gasteiger charge is -2.29. The van der Waals surface area contributed by atoms with E-state index in [1.54, 1.807) is 68.0 Å². The van der Waals surface area contributed by atoms with Crippen molar-refractivity contribution in [3.8, 4) is 22.5 Å². The number of carbonyl (C=O) groups is 5. The molecule has 336 valence electrons. The van der Waals surface area contributed by atoms with Crippen LogP contribution < -0.4 is 16.0 Å². The Bertz CT molecular complexity index is 2640. The average molecular weight is 879 g/mol. The minimum Gasteiger partial charge on any atom is -0.447 e. The molecule has 15 nitrogen and oxygen atoms in total. The summed E-state index contributed by atoms with van der Waals surface area (Å²) in [6.07, 6.45) is 2.38. The SMILES string of the molecule is CC(C)OC(=O)N[C@@H](C(=O)N1CCCC1c1ncc(-c2ccc(-c3cc4cc(NC(=O)[C@@H]5CCCN5C(=O)[C@H](NC(=O)OC(C)C)c5ccccc5)ccc4[nH]3)cc2)[nH]1)c1ccccc1. The Morgan fingerprint density at radius 1 is 0.646 bits per heavy atom. The molecule has 4 aromatic carbocycles. The van der Waals surface area contributed by atoms with E-state index >= 15 is 0 Å². The number of fused-ring (bicyclic) bond motifs is 1. The van der Waals surface area contributed by atoms with Crippen molar-refractivity contribution in [1.82, 2.24) is 35.4 Å². The van der Waals surface area contributed by atoms with Crippen molar-refractivity contribution in [3.05, 3.63) is 132 Å². The third kappa shape index (κ3) is 10.2. The molecular weight excluding hydrogens is 825 g/mol. The zero-order valence-electron chi connectivity index (χ0n) is 36.9. The highest BCUT2D eigenvalue weighted by Crippen LogP contribution is 2.35. The minimum absolute atomic E-state index is 0.226. The molecule has 2 aliphatic rings. The molecule has 1 unspecified atom stereocenters. The lowest BCUT2D eigenvalue weighted by atomic mass is 10.0. The van der Waals surface area contributed by atoms with Crippen LogP contribution in [-0.2, 0) is 23.9 Å². The van der Waals surface area contributed by atoms with E-state index in [0.29, 0.717) is 48.6 Å². The third-order valence-electron chi connectivity index (χ3n) is 11.7. The second kappa shape index (κ2) is 19.5. The molecule has 5 amide bonds. The van der Waals surface area contributed by atoms with Crippen molar-refractivity contribution in [3.63, 3.8) is 0 Å². The second-order valence-electron chi connectivity index (χ2n) is 17.0. The molecule has 5 N–H and O–H groups in total. The molecule has 0 saturated carbocycles. The van der Waals surface area contributed by atoms with E-state index in [0.717, 1.165) is 46.3 Å². The largest absolute Gasteiger partial charge is 0.447 e. The van der Waals surface area contributed by atoms with Crippen molar-refractivity contribution in [2.45, 2.75) is 89.8 Å². The van der Waals surface area contributed by atoms with Crippen molar-refractivity contribution < 1.29 is 33.4 Å². The maximum absolute atomic E-state index is 14.1. The molecule has 2 fully saturated rings. The second-order valence-corrected chi connectivity index (χ2v) is 17.0. The summed E-state index contributed by atoms with van der Waals surface area (Å²) in [6, 6.07) is 30.9. The fourth-order valence-corrected chi connectivity index (χ4v) is 8.62. The number of amides is 5. The number of H-pyrrole nitrogens is 2. The molecule has 8 rings (SSSR count). The molecule has 0 spiro atoms. The number of aromatic amines is 2. The van der Waals surface area contributed by atoms with Crippen LogP contribution in [0, 0.1) is 0 Å². The van der Waals surface area contributed by atoms with Gasteiger partial charge in [-0.1, -0.05) is 84.9 Å². The van der Waals surface area contributed by atoms with E-state index in [-0.39, 0.29) is 36.0 Å². The van der Waals surface area contributed by atoms with Gasteiger partial charge in [0.15, 0.2) is 0 Å². The van der Waals surface area contributed by atoms with Gasteiger partial charge in [0, 0.05) is 35.4 Å². The number of hydrogen-bond acceptors (Lipinski definition) is 8. The topological polar surface area (TPSA) is 191 Å². The molecule has 4 heterocycles. The quantitative estimate of drug-likeness (QED) is 0.0762. The van der Waals surface area contributed by atoms with Crippen LogP contribution in [0.1, 0.15) is 88.5 Å². The summed E-state index contributed by atoms with van der Waals surface area (Å²) < 4.78 is 10.6. The van der Waals surface area contributed by atoms with E-state index in [1.165, 1.54) is 0 Å². The fourth-order valence-electron chi connectivity index (χ4n) is 8.62. The molecule has 2 saturated heterocycles. The van der Waals surface area contributed by atoms with Crippen LogP contribution in [0.25, 0.3) is 33.4 Å². The van der Waals surface area contributed by atoms with Gasteiger partial charge in [-0.3, -0.25) is 14.4 Å². The average Bonchev–Trinajstić information content (AvgIpc) is 4.14. The number of aromatic nitrogens is 3. The van der Waals surface area contributed by atoms with Crippen molar-refractivity contribution >= 4 is 46.5 Å². The number of nitrogens with one attached hydrogen (secondary N) is 5. The van der Waals surface area contributed by atoms with Gasteiger partial charge in [-0.15, -0.1) is 0 Å². The summed E-state index contributed by atoms with van der Waals surface area (Å²) in [5, 5.41) is 9.42. The molecule has 15 heteroatoms. The van der Waals surface area contributed by atoms with Crippen LogP contribution in [0.15, 0.2) is 115 Å². The number of anilines is 1. The smallest absolute Gasteiger partial charge is 0.408 e. The Kier molecular flexibility index (Phi) is 13.3. The van der Waals surface area contributed by atoms with Gasteiger partial charge in [0.2, 0.25) is 5.91 Å². The highest BCUT2D eigenvalue weighted by Gasteiger charge is 2.39. The standard InChI is InChI=1S/C50H54N8O7/c1-30(2)64-49(62)55-43(34-13-7-5-8-14-34)47(60)57-25-11-17-41(57)45-51-29-40(54-45)33-21-19-32(20-22-33)39-28-36-27-37(23-24-38(36)53-39)52-46(59)42-18-12-26-58(42)48(61)44(35-15-9-6-10-16-35)56-50(63)65-31(3)4/h5-10,13-16,19-24,27-31,41-44,53H,11-12,17-18,25-26H2,1-4H3,(H,51,54)(H,52,59)(H,55,62)(H,56,63)/t41?,42-,43+,44+/m0/s1. The highest BCUT2D eigenvalue weighted by atomic mass is 16.6. The number of likely N-dealkylation sites (tertiary alicyclic amines) is 2. The lowest BCUT2D eigenvalue weighted by Crippen LogP contribution is -2.48. The number of alkyl carbamates (subject to hydrolysis) is 2. The number of hydrogen-bond donors (Lipinski definition) is 5. The third-order valence-corrected chi connectivity index (χ3v) is 11.7. The maximum atomic E-state index is 14.1. The molecule has 0 bridgehead atoms. The zero-order chi connectivity index (χ0) is 45.6. The van der Waals surface area contributed by atoms with E-state index < -0.39 is 30.3 Å². The molecule has 0 radical (unpaired) electrons. The van der Waals surface area contributed by atoms with Gasteiger partial charge >= 0.3 is 12.2 Å². The summed E-state index contributed by atoms with van der Waals surface area (Å²) in [5.74, 6) is -0.227. The number of carbonyl (C=O) groups excluding carboxylic acids is 5. The van der Waals surface area contributed by atoms with Gasteiger partial charge in [0.05, 0.1) is 30.1 Å². The van der Waals surface area contributed by atoms with Gasteiger partial charge in [0.1, 0.15) is 23.9 Å². The van der Waals surface area contributed by atoms with Crippen molar-refractivity contribution in [1.29, 1.82) is 0 Å². The lowest BCUT2D eigenvalue weighted by molar-refractivity contribution is -0.138.